The lowest BCUT2D eigenvalue weighted by Gasteiger charge is -2.10. The van der Waals surface area contributed by atoms with Crippen LogP contribution in [0.4, 0.5) is 0 Å². The molecular weight excluding hydrogens is 319 g/mol. The average molecular weight is 365 g/mol. The first-order valence-electron chi connectivity index (χ1n) is 10.4. The van der Waals surface area contributed by atoms with E-state index in [0.29, 0.717) is 0 Å². The van der Waals surface area contributed by atoms with Crippen molar-refractivity contribution in [3.8, 4) is 0 Å². The summed E-state index contributed by atoms with van der Waals surface area (Å²) in [5.74, 6) is 0. The Morgan fingerprint density at radius 1 is 0.435 bits per heavy atom. The normalized spacial score (nSPS) is 11.5. The molecule has 0 aliphatic heterocycles. The van der Waals surface area contributed by atoms with Crippen molar-refractivity contribution in [2.45, 2.75) is 110 Å². The van der Waals surface area contributed by atoms with Gasteiger partial charge in [0, 0.05) is 27.3 Å². The Kier molecular flexibility index (Phi) is 21.5. The maximum Gasteiger partial charge on any atom is 0.0586 e. The van der Waals surface area contributed by atoms with Crippen molar-refractivity contribution in [2.24, 2.45) is 0 Å². The first-order chi connectivity index (χ1) is 10.6. The minimum absolute atomic E-state index is 0. The zero-order valence-corrected chi connectivity index (χ0v) is 18.5. The Hall–Kier alpha value is 0.720. The fourth-order valence-electron chi connectivity index (χ4n) is 3.13. The Balaban J connectivity index is 0. The van der Waals surface area contributed by atoms with Crippen LogP contribution >= 0.6 is 7.26 Å². The highest BCUT2D eigenvalue weighted by Crippen LogP contribution is 2.47. The molecule has 23 heavy (non-hydrogen) atoms. The lowest BCUT2D eigenvalue weighted by atomic mass is 10.0. The largest absolute Gasteiger partial charge is 1.00 e. The van der Waals surface area contributed by atoms with Crippen LogP contribution in [0.25, 0.3) is 0 Å². The van der Waals surface area contributed by atoms with Gasteiger partial charge in [-0.15, -0.1) is 0 Å². The molecule has 0 nitrogen and oxygen atoms in total. The van der Waals surface area contributed by atoms with Crippen LogP contribution in [0.2, 0.25) is 0 Å². The van der Waals surface area contributed by atoms with Crippen molar-refractivity contribution in [3.05, 3.63) is 0 Å². The van der Waals surface area contributed by atoms with E-state index >= 15 is 0 Å². The third kappa shape index (κ3) is 25.1. The SMILES string of the molecule is CCCCCCCCCCCCCCCCCC[P+](C)(C)C.[Cl-]. The van der Waals surface area contributed by atoms with Gasteiger partial charge in [0.25, 0.3) is 0 Å². The lowest BCUT2D eigenvalue weighted by Crippen LogP contribution is -3.00. The molecule has 0 atom stereocenters. The van der Waals surface area contributed by atoms with Crippen LogP contribution < -0.4 is 12.4 Å². The second kappa shape index (κ2) is 19.1. The predicted octanol–water partition coefficient (Wildman–Crippen LogP) is 5.16. The first kappa shape index (κ1) is 26.0. The van der Waals surface area contributed by atoms with Crippen molar-refractivity contribution < 1.29 is 12.4 Å². The summed E-state index contributed by atoms with van der Waals surface area (Å²) in [5.41, 5.74) is 0. The van der Waals surface area contributed by atoms with E-state index in [9.17, 15) is 0 Å². The molecule has 0 saturated carbocycles. The first-order valence-corrected chi connectivity index (χ1v) is 13.7. The van der Waals surface area contributed by atoms with E-state index in [1.54, 1.807) is 0 Å². The van der Waals surface area contributed by atoms with E-state index in [0.717, 1.165) is 0 Å². The Morgan fingerprint density at radius 3 is 0.957 bits per heavy atom. The van der Waals surface area contributed by atoms with E-state index < -0.39 is 7.26 Å². The molecule has 0 aromatic heterocycles. The standard InChI is InChI=1S/C21H46P.ClH/c1-5-6-7-8-9-10-11-12-13-14-15-16-17-18-19-20-21-22(2,3)4;/h5-21H2,1-4H3;1H/q+1;/p-1. The average Bonchev–Trinajstić information content (AvgIpc) is 2.45. The van der Waals surface area contributed by atoms with Crippen LogP contribution in [0.15, 0.2) is 0 Å². The number of unbranched alkanes of at least 4 members (excludes halogenated alkanes) is 15. The summed E-state index contributed by atoms with van der Waals surface area (Å²) in [5, 5.41) is 0. The van der Waals surface area contributed by atoms with Gasteiger partial charge in [0.1, 0.15) is 0 Å². The Labute approximate surface area is 155 Å². The number of halogens is 1. The second-order valence-electron chi connectivity index (χ2n) is 8.32. The molecule has 0 spiro atoms. The fraction of sp³-hybridized carbons (Fsp3) is 1.00. The van der Waals surface area contributed by atoms with Crippen LogP contribution in [-0.4, -0.2) is 26.2 Å². The summed E-state index contributed by atoms with van der Waals surface area (Å²) in [6, 6.07) is 0. The van der Waals surface area contributed by atoms with Crippen molar-refractivity contribution in [3.63, 3.8) is 0 Å². The monoisotopic (exact) mass is 364 g/mol. The number of hydrogen-bond donors (Lipinski definition) is 0. The Bertz CT molecular complexity index is 210. The zero-order chi connectivity index (χ0) is 16.5. The molecule has 0 aliphatic carbocycles. The van der Waals surface area contributed by atoms with Crippen molar-refractivity contribution in [1.82, 2.24) is 0 Å². The molecule has 0 aromatic rings. The maximum absolute atomic E-state index is 2.47. The van der Waals surface area contributed by atoms with Gasteiger partial charge in [-0.05, 0) is 12.8 Å². The van der Waals surface area contributed by atoms with Gasteiger partial charge in [0.2, 0.25) is 0 Å². The summed E-state index contributed by atoms with van der Waals surface area (Å²) in [7, 11) is -0.504. The highest BCUT2D eigenvalue weighted by Gasteiger charge is 2.15. The third-order valence-corrected chi connectivity index (χ3v) is 6.34. The van der Waals surface area contributed by atoms with Gasteiger partial charge < -0.3 is 12.4 Å². The summed E-state index contributed by atoms with van der Waals surface area (Å²) in [4.78, 5) is 0. The van der Waals surface area contributed by atoms with Crippen LogP contribution in [0.3, 0.4) is 0 Å². The van der Waals surface area contributed by atoms with Crippen molar-refractivity contribution in [1.29, 1.82) is 0 Å². The van der Waals surface area contributed by atoms with Crippen LogP contribution in [0.5, 0.6) is 0 Å². The Morgan fingerprint density at radius 2 is 0.696 bits per heavy atom. The van der Waals surface area contributed by atoms with Gasteiger partial charge in [-0.3, -0.25) is 0 Å². The molecule has 0 aliphatic rings. The summed E-state index contributed by atoms with van der Waals surface area (Å²) < 4.78 is 0. The van der Waals surface area contributed by atoms with Crippen LogP contribution in [0, 0.1) is 0 Å². The molecule has 0 radical (unpaired) electrons. The quantitative estimate of drug-likeness (QED) is 0.247. The molecule has 0 rings (SSSR count). The molecule has 0 aromatic carbocycles. The maximum atomic E-state index is 2.47. The molecular formula is C21H46ClP. The van der Waals surface area contributed by atoms with Crippen molar-refractivity contribution >= 4 is 7.26 Å². The van der Waals surface area contributed by atoms with Crippen molar-refractivity contribution in [2.75, 3.05) is 26.2 Å². The molecule has 0 amide bonds. The predicted molar refractivity (Wildman–Crippen MR) is 109 cm³/mol. The number of rotatable bonds is 17. The summed E-state index contributed by atoms with van der Waals surface area (Å²) in [6.45, 7) is 9.71. The molecule has 0 N–H and O–H groups in total. The minimum Gasteiger partial charge on any atom is -1.00 e. The molecule has 2 heteroatoms. The fourth-order valence-corrected chi connectivity index (χ4v) is 4.31. The highest BCUT2D eigenvalue weighted by molar-refractivity contribution is 7.73. The zero-order valence-electron chi connectivity index (χ0n) is 16.8. The van der Waals surface area contributed by atoms with E-state index in [2.05, 4.69) is 26.9 Å². The van der Waals surface area contributed by atoms with Gasteiger partial charge in [-0.2, -0.15) is 0 Å². The van der Waals surface area contributed by atoms with E-state index in [1.165, 1.54) is 109 Å². The molecule has 0 unspecified atom stereocenters. The van der Waals surface area contributed by atoms with Crippen LogP contribution in [0.1, 0.15) is 110 Å². The van der Waals surface area contributed by atoms with E-state index in [-0.39, 0.29) is 12.4 Å². The molecule has 142 valence electrons. The van der Waals surface area contributed by atoms with Gasteiger partial charge >= 0.3 is 0 Å². The van der Waals surface area contributed by atoms with Gasteiger partial charge in [0.05, 0.1) is 6.16 Å². The lowest BCUT2D eigenvalue weighted by molar-refractivity contribution is -0.00000521. The number of hydrogen-bond acceptors (Lipinski definition) is 0. The van der Waals surface area contributed by atoms with Crippen LogP contribution in [-0.2, 0) is 0 Å². The van der Waals surface area contributed by atoms with Gasteiger partial charge in [-0.25, -0.2) is 0 Å². The van der Waals surface area contributed by atoms with E-state index in [4.69, 9.17) is 0 Å². The summed E-state index contributed by atoms with van der Waals surface area (Å²) in [6.07, 6.45) is 25.1. The smallest absolute Gasteiger partial charge is 0.0586 e. The van der Waals surface area contributed by atoms with E-state index in [1.807, 2.05) is 0 Å². The summed E-state index contributed by atoms with van der Waals surface area (Å²) >= 11 is 0. The molecule has 0 fully saturated rings. The molecule has 0 bridgehead atoms. The second-order valence-corrected chi connectivity index (χ2v) is 13.3. The molecule has 0 heterocycles. The molecule has 0 saturated heterocycles. The van der Waals surface area contributed by atoms with Gasteiger partial charge in [-0.1, -0.05) is 96.8 Å². The highest BCUT2D eigenvalue weighted by atomic mass is 35.5. The van der Waals surface area contributed by atoms with Gasteiger partial charge in [0.15, 0.2) is 0 Å². The topological polar surface area (TPSA) is 0 Å². The third-order valence-electron chi connectivity index (χ3n) is 4.68. The minimum atomic E-state index is -0.504.